The second-order valence-corrected chi connectivity index (χ2v) is 8.02. The predicted molar refractivity (Wildman–Crippen MR) is 99.2 cm³/mol. The monoisotopic (exact) mass is 350 g/mol. The van der Waals surface area contributed by atoms with Gasteiger partial charge < -0.3 is 11.1 Å². The van der Waals surface area contributed by atoms with Crippen molar-refractivity contribution in [2.45, 2.75) is 40.0 Å². The van der Waals surface area contributed by atoms with E-state index >= 15 is 0 Å². The minimum Gasteiger partial charge on any atom is -0.388 e. The van der Waals surface area contributed by atoms with Gasteiger partial charge in [-0.2, -0.15) is 8.42 Å². The van der Waals surface area contributed by atoms with Crippen molar-refractivity contribution in [1.82, 2.24) is 5.32 Å². The summed E-state index contributed by atoms with van der Waals surface area (Å²) < 4.78 is 29.3. The van der Waals surface area contributed by atoms with Gasteiger partial charge in [0, 0.05) is 23.2 Å². The molecule has 0 fully saturated rings. The predicted octanol–water partition coefficient (Wildman–Crippen LogP) is 2.53. The largest absolute Gasteiger partial charge is 0.388 e. The molecule has 0 aromatic heterocycles. The molecule has 0 radical (unpaired) electrons. The van der Waals surface area contributed by atoms with Gasteiger partial charge in [-0.3, -0.25) is 4.72 Å². The van der Waals surface area contributed by atoms with Gasteiger partial charge in [0.25, 0.3) is 0 Å². The van der Waals surface area contributed by atoms with Crippen molar-refractivity contribution in [3.63, 3.8) is 0 Å². The van der Waals surface area contributed by atoms with Gasteiger partial charge in [0.05, 0.1) is 5.69 Å². The molecule has 0 spiro atoms. The topological polar surface area (TPSA) is 96.6 Å². The van der Waals surface area contributed by atoms with Crippen LogP contribution in [0.1, 0.15) is 44.7 Å². The molecule has 0 saturated heterocycles. The third-order valence-corrected chi connectivity index (χ3v) is 5.20. The van der Waals surface area contributed by atoms with Crippen LogP contribution in [-0.2, 0) is 16.6 Å². The number of nitrogens with one attached hydrogen (secondary N) is 2. The number of fused-ring (bicyclic) bond motifs is 1. The van der Waals surface area contributed by atoms with Gasteiger partial charge in [0.15, 0.2) is 0 Å². The van der Waals surface area contributed by atoms with Crippen LogP contribution in [0, 0.1) is 5.41 Å². The Labute approximate surface area is 144 Å². The highest BCUT2D eigenvalue weighted by atomic mass is 32.2. The van der Waals surface area contributed by atoms with E-state index in [9.17, 15) is 8.42 Å². The normalized spacial score (nSPS) is 15.9. The Bertz CT molecular complexity index is 767. The Balaban J connectivity index is 2.19. The Morgan fingerprint density at radius 3 is 2.79 bits per heavy atom. The third-order valence-electron chi connectivity index (χ3n) is 4.29. The Hall–Kier alpha value is -2.02. The highest BCUT2D eigenvalue weighted by molar-refractivity contribution is 7.91. The molecule has 132 valence electrons. The van der Waals surface area contributed by atoms with Gasteiger partial charge in [-0.25, -0.2) is 0 Å². The fraction of sp³-hybridized carbons (Fsp3) is 0.471. The van der Waals surface area contributed by atoms with Gasteiger partial charge in [-0.05, 0) is 30.9 Å². The summed E-state index contributed by atoms with van der Waals surface area (Å²) in [6.45, 7) is 11.5. The van der Waals surface area contributed by atoms with Crippen LogP contribution in [-0.4, -0.2) is 20.8 Å². The van der Waals surface area contributed by atoms with E-state index in [0.29, 0.717) is 11.3 Å². The summed E-state index contributed by atoms with van der Waals surface area (Å²) in [6, 6.07) is 5.48. The SMILES string of the molecule is C=C(NCCC)C(C)(C)CCc1cccc2c1C(N)=NS(=O)(=O)N2. The number of hydrogen-bond donors (Lipinski definition) is 3. The highest BCUT2D eigenvalue weighted by Crippen LogP contribution is 2.32. The van der Waals surface area contributed by atoms with E-state index in [1.54, 1.807) is 6.07 Å². The van der Waals surface area contributed by atoms with E-state index < -0.39 is 10.2 Å². The number of nitrogens with two attached hydrogens (primary N) is 1. The van der Waals surface area contributed by atoms with Crippen molar-refractivity contribution in [3.05, 3.63) is 41.6 Å². The molecule has 7 heteroatoms. The summed E-state index contributed by atoms with van der Waals surface area (Å²) in [6.07, 6.45) is 2.66. The fourth-order valence-electron chi connectivity index (χ4n) is 2.65. The number of allylic oxidation sites excluding steroid dienone is 1. The molecular weight excluding hydrogens is 324 g/mol. The van der Waals surface area contributed by atoms with Crippen LogP contribution >= 0.6 is 0 Å². The van der Waals surface area contributed by atoms with Crippen LogP contribution in [0.25, 0.3) is 0 Å². The fourth-order valence-corrected chi connectivity index (χ4v) is 3.49. The first kappa shape index (κ1) is 18.3. The molecule has 2 rings (SSSR count). The molecule has 1 aromatic carbocycles. The average molecular weight is 350 g/mol. The van der Waals surface area contributed by atoms with Crippen molar-refractivity contribution < 1.29 is 8.42 Å². The first-order valence-corrected chi connectivity index (χ1v) is 9.54. The van der Waals surface area contributed by atoms with Crippen molar-refractivity contribution in [2.24, 2.45) is 15.5 Å². The van der Waals surface area contributed by atoms with Crippen molar-refractivity contribution in [3.8, 4) is 0 Å². The zero-order valence-electron chi connectivity index (χ0n) is 14.5. The summed E-state index contributed by atoms with van der Waals surface area (Å²) >= 11 is 0. The maximum Gasteiger partial charge on any atom is 0.344 e. The van der Waals surface area contributed by atoms with Crippen molar-refractivity contribution in [2.75, 3.05) is 11.3 Å². The number of anilines is 1. The third kappa shape index (κ3) is 4.08. The lowest BCUT2D eigenvalue weighted by Crippen LogP contribution is -2.29. The Morgan fingerprint density at radius 1 is 1.42 bits per heavy atom. The summed E-state index contributed by atoms with van der Waals surface area (Å²) in [4.78, 5) is 0. The molecule has 1 aliphatic rings. The van der Waals surface area contributed by atoms with Crippen LogP contribution in [0.3, 0.4) is 0 Å². The summed E-state index contributed by atoms with van der Waals surface area (Å²) in [5.41, 5.74) is 8.96. The van der Waals surface area contributed by atoms with Crippen molar-refractivity contribution in [1.29, 1.82) is 0 Å². The van der Waals surface area contributed by atoms with Gasteiger partial charge >= 0.3 is 10.2 Å². The lowest BCUT2D eigenvalue weighted by molar-refractivity contribution is 0.381. The molecule has 1 heterocycles. The standard InChI is InChI=1S/C17H26N4O2S/c1-5-11-19-12(2)17(3,4)10-9-13-7-6-8-14-15(13)16(18)21-24(22,23)20-14/h6-8,19-20H,2,5,9-11H2,1,3-4H3,(H2,18,21). The number of nitrogens with zero attached hydrogens (tertiary/aromatic N) is 1. The number of amidine groups is 1. The Morgan fingerprint density at radius 2 is 2.12 bits per heavy atom. The van der Waals surface area contributed by atoms with E-state index in [-0.39, 0.29) is 11.3 Å². The van der Waals surface area contributed by atoms with E-state index in [2.05, 4.69) is 41.8 Å². The Kier molecular flexibility index (Phi) is 5.22. The average Bonchev–Trinajstić information content (AvgIpc) is 2.48. The first-order chi connectivity index (χ1) is 11.2. The molecule has 4 N–H and O–H groups in total. The molecule has 1 aromatic rings. The maximum absolute atomic E-state index is 11.6. The number of rotatable bonds is 7. The zero-order chi connectivity index (χ0) is 18.0. The maximum atomic E-state index is 11.6. The summed E-state index contributed by atoms with van der Waals surface area (Å²) in [5.74, 6) is 0.0418. The number of aryl methyl sites for hydroxylation is 1. The highest BCUT2D eigenvalue weighted by Gasteiger charge is 2.26. The molecule has 24 heavy (non-hydrogen) atoms. The number of benzene rings is 1. The van der Waals surface area contributed by atoms with Gasteiger partial charge in [0.2, 0.25) is 0 Å². The molecular formula is C17H26N4O2S. The van der Waals surface area contributed by atoms with Crippen LogP contribution in [0.15, 0.2) is 34.9 Å². The lowest BCUT2D eigenvalue weighted by Gasteiger charge is -2.29. The van der Waals surface area contributed by atoms with E-state index in [1.807, 2.05) is 12.1 Å². The van der Waals surface area contributed by atoms with Gasteiger partial charge in [-0.1, -0.05) is 39.5 Å². The van der Waals surface area contributed by atoms with Crippen LogP contribution in [0.2, 0.25) is 0 Å². The molecule has 0 amide bonds. The first-order valence-electron chi connectivity index (χ1n) is 8.10. The molecule has 0 atom stereocenters. The van der Waals surface area contributed by atoms with Gasteiger partial charge in [-0.15, -0.1) is 4.40 Å². The summed E-state index contributed by atoms with van der Waals surface area (Å²) in [5, 5.41) is 3.36. The molecule has 6 nitrogen and oxygen atoms in total. The molecule has 0 saturated carbocycles. The second-order valence-electron chi connectivity index (χ2n) is 6.68. The molecule has 1 aliphatic heterocycles. The van der Waals surface area contributed by atoms with Crippen LogP contribution in [0.4, 0.5) is 5.69 Å². The quantitative estimate of drug-likeness (QED) is 0.704. The second kappa shape index (κ2) is 6.84. The smallest absolute Gasteiger partial charge is 0.344 e. The van der Waals surface area contributed by atoms with Crippen LogP contribution in [0.5, 0.6) is 0 Å². The molecule has 0 unspecified atom stereocenters. The van der Waals surface area contributed by atoms with Crippen LogP contribution < -0.4 is 15.8 Å². The minimum absolute atomic E-state index is 0.0418. The zero-order valence-corrected chi connectivity index (χ0v) is 15.3. The summed E-state index contributed by atoms with van der Waals surface area (Å²) in [7, 11) is -3.74. The minimum atomic E-state index is -3.74. The van der Waals surface area contributed by atoms with E-state index in [1.165, 1.54) is 0 Å². The van der Waals surface area contributed by atoms with E-state index in [0.717, 1.165) is 37.1 Å². The van der Waals surface area contributed by atoms with Crippen molar-refractivity contribution >= 4 is 21.7 Å². The number of hydrogen-bond acceptors (Lipinski definition) is 4. The molecule has 0 aliphatic carbocycles. The molecule has 0 bridgehead atoms. The lowest BCUT2D eigenvalue weighted by atomic mass is 9.82. The van der Waals surface area contributed by atoms with Gasteiger partial charge in [0.1, 0.15) is 5.84 Å². The van der Waals surface area contributed by atoms with E-state index in [4.69, 9.17) is 5.73 Å².